The fourth-order valence-electron chi connectivity index (χ4n) is 3.78. The summed E-state index contributed by atoms with van der Waals surface area (Å²) >= 11 is 0. The number of hydrogen-bond donors (Lipinski definition) is 1. The van der Waals surface area contributed by atoms with Gasteiger partial charge in [-0.1, -0.05) is 11.6 Å². The third kappa shape index (κ3) is 4.99. The average Bonchev–Trinajstić information content (AvgIpc) is 3.19. The molecule has 0 aromatic carbocycles. The van der Waals surface area contributed by atoms with Gasteiger partial charge in [-0.3, -0.25) is 4.79 Å². The van der Waals surface area contributed by atoms with Crippen molar-refractivity contribution in [1.82, 2.24) is 19.2 Å². The number of rotatable bonds is 7. The summed E-state index contributed by atoms with van der Waals surface area (Å²) in [6.07, 6.45) is 12.5. The molecular weight excluding hydrogens is 364 g/mol. The molecule has 1 aliphatic heterocycles. The summed E-state index contributed by atoms with van der Waals surface area (Å²) < 4.78 is 28.8. The van der Waals surface area contributed by atoms with Crippen molar-refractivity contribution in [2.24, 2.45) is 5.92 Å². The van der Waals surface area contributed by atoms with Crippen LogP contribution < -0.4 is 5.32 Å². The van der Waals surface area contributed by atoms with E-state index in [4.69, 9.17) is 0 Å². The number of amides is 1. The molecule has 1 N–H and O–H groups in total. The number of carbonyl (C=O) groups excluding carboxylic acids is 1. The fraction of sp³-hybridized carbons (Fsp3) is 0.684. The molecule has 1 amide bonds. The van der Waals surface area contributed by atoms with Gasteiger partial charge in [0.15, 0.2) is 5.03 Å². The Morgan fingerprint density at radius 1 is 1.33 bits per heavy atom. The summed E-state index contributed by atoms with van der Waals surface area (Å²) in [5.41, 5.74) is 1.43. The number of nitrogens with one attached hydrogen (secondary N) is 1. The van der Waals surface area contributed by atoms with Crippen LogP contribution in [0, 0.1) is 5.92 Å². The third-order valence-electron chi connectivity index (χ3n) is 5.46. The third-order valence-corrected chi connectivity index (χ3v) is 7.22. The second kappa shape index (κ2) is 9.01. The lowest BCUT2D eigenvalue weighted by Crippen LogP contribution is -2.45. The zero-order chi connectivity index (χ0) is 19.3. The van der Waals surface area contributed by atoms with Crippen molar-refractivity contribution in [2.45, 2.75) is 63.4 Å². The molecule has 1 atom stereocenters. The summed E-state index contributed by atoms with van der Waals surface area (Å²) in [5, 5.41) is 3.07. The lowest BCUT2D eigenvalue weighted by atomic mass is 9.96. The molecule has 0 unspecified atom stereocenters. The molecule has 1 fully saturated rings. The number of hydrogen-bond acceptors (Lipinski definition) is 4. The first-order chi connectivity index (χ1) is 13.0. The second-order valence-corrected chi connectivity index (χ2v) is 9.28. The molecule has 8 heteroatoms. The van der Waals surface area contributed by atoms with E-state index in [2.05, 4.69) is 16.4 Å². The van der Waals surface area contributed by atoms with Crippen molar-refractivity contribution < 1.29 is 13.2 Å². The highest BCUT2D eigenvalue weighted by atomic mass is 32.2. The van der Waals surface area contributed by atoms with Crippen LogP contribution in [0.4, 0.5) is 0 Å². The lowest BCUT2D eigenvalue weighted by Gasteiger charge is -2.30. The van der Waals surface area contributed by atoms with E-state index in [1.807, 2.05) is 6.92 Å². The number of allylic oxidation sites excluding steroid dienone is 1. The van der Waals surface area contributed by atoms with Crippen LogP contribution in [0.15, 0.2) is 29.2 Å². The zero-order valence-corrected chi connectivity index (χ0v) is 16.9. The van der Waals surface area contributed by atoms with Gasteiger partial charge in [0.25, 0.3) is 10.0 Å². The summed E-state index contributed by atoms with van der Waals surface area (Å²) in [4.78, 5) is 16.6. The lowest BCUT2D eigenvalue weighted by molar-refractivity contribution is -0.126. The van der Waals surface area contributed by atoms with Gasteiger partial charge in [0.05, 0.1) is 12.2 Å². The van der Waals surface area contributed by atoms with E-state index in [0.29, 0.717) is 26.1 Å². The number of piperidine rings is 1. The Hall–Kier alpha value is -1.67. The fourth-order valence-corrected chi connectivity index (χ4v) is 5.23. The molecule has 1 aromatic heterocycles. The molecule has 0 bridgehead atoms. The molecule has 2 aliphatic rings. The van der Waals surface area contributed by atoms with Gasteiger partial charge >= 0.3 is 0 Å². The van der Waals surface area contributed by atoms with Gasteiger partial charge in [-0.05, 0) is 51.9 Å². The standard InChI is InChI=1S/C19H30N4O3S/c1-2-22-14-18(21-15-22)27(25,26)23-12-6-9-17(13-23)19(24)20-11-10-16-7-4-3-5-8-16/h7,14-15,17H,2-6,8-13H2,1H3,(H,20,24)/t17-/m0/s1. The van der Waals surface area contributed by atoms with E-state index in [1.165, 1.54) is 29.0 Å². The first kappa shape index (κ1) is 20.1. The summed E-state index contributed by atoms with van der Waals surface area (Å²) in [7, 11) is -3.64. The maximum atomic E-state index is 12.8. The van der Waals surface area contributed by atoms with Crippen molar-refractivity contribution >= 4 is 15.9 Å². The monoisotopic (exact) mass is 394 g/mol. The van der Waals surface area contributed by atoms with Gasteiger partial charge < -0.3 is 9.88 Å². The first-order valence-corrected chi connectivity index (χ1v) is 11.4. The van der Waals surface area contributed by atoms with E-state index in [0.717, 1.165) is 25.7 Å². The van der Waals surface area contributed by atoms with Gasteiger partial charge in [0.2, 0.25) is 5.91 Å². The van der Waals surface area contributed by atoms with Crippen molar-refractivity contribution in [3.05, 3.63) is 24.2 Å². The van der Waals surface area contributed by atoms with Gasteiger partial charge in [0, 0.05) is 32.4 Å². The normalized spacial score (nSPS) is 21.7. The average molecular weight is 395 g/mol. The van der Waals surface area contributed by atoms with Crippen LogP contribution >= 0.6 is 0 Å². The van der Waals surface area contributed by atoms with Gasteiger partial charge in [0.1, 0.15) is 0 Å². The highest BCUT2D eigenvalue weighted by Crippen LogP contribution is 2.23. The maximum absolute atomic E-state index is 12.8. The van der Waals surface area contributed by atoms with Crippen molar-refractivity contribution in [3.63, 3.8) is 0 Å². The minimum absolute atomic E-state index is 0.0367. The quantitative estimate of drug-likeness (QED) is 0.719. The van der Waals surface area contributed by atoms with E-state index in [9.17, 15) is 13.2 Å². The Balaban J connectivity index is 1.55. The van der Waals surface area contributed by atoms with E-state index in [-0.39, 0.29) is 23.4 Å². The molecule has 150 valence electrons. The molecule has 1 aliphatic carbocycles. The highest BCUT2D eigenvalue weighted by Gasteiger charge is 2.34. The molecule has 1 aromatic rings. The van der Waals surface area contributed by atoms with Crippen LogP contribution in [0.1, 0.15) is 51.9 Å². The SMILES string of the molecule is CCn1cnc(S(=O)(=O)N2CCC[C@H](C(=O)NCCC3=CCCCC3)C2)c1. The molecule has 2 heterocycles. The number of aryl methyl sites for hydroxylation is 1. The Kier molecular flexibility index (Phi) is 6.70. The van der Waals surface area contributed by atoms with E-state index < -0.39 is 10.0 Å². The number of nitrogens with zero attached hydrogens (tertiary/aromatic N) is 3. The van der Waals surface area contributed by atoms with Crippen molar-refractivity contribution in [1.29, 1.82) is 0 Å². The first-order valence-electron chi connectivity index (χ1n) is 9.98. The van der Waals surface area contributed by atoms with Crippen LogP contribution in [0.3, 0.4) is 0 Å². The Labute approximate surface area is 161 Å². The van der Waals surface area contributed by atoms with Gasteiger partial charge in [-0.2, -0.15) is 4.31 Å². The van der Waals surface area contributed by atoms with Crippen LogP contribution in [0.5, 0.6) is 0 Å². The molecule has 7 nitrogen and oxygen atoms in total. The predicted octanol–water partition coefficient (Wildman–Crippen LogP) is 2.31. The van der Waals surface area contributed by atoms with E-state index in [1.54, 1.807) is 10.8 Å². The molecule has 3 rings (SSSR count). The highest BCUT2D eigenvalue weighted by molar-refractivity contribution is 7.89. The predicted molar refractivity (Wildman–Crippen MR) is 104 cm³/mol. The number of carbonyl (C=O) groups is 1. The smallest absolute Gasteiger partial charge is 0.262 e. The van der Waals surface area contributed by atoms with Crippen LogP contribution in [0.25, 0.3) is 0 Å². The van der Waals surface area contributed by atoms with Crippen molar-refractivity contribution in [2.75, 3.05) is 19.6 Å². The summed E-state index contributed by atoms with van der Waals surface area (Å²) in [5.74, 6) is -0.326. The second-order valence-electron chi connectivity index (χ2n) is 7.39. The van der Waals surface area contributed by atoms with Crippen LogP contribution in [-0.2, 0) is 21.4 Å². The minimum atomic E-state index is -3.64. The largest absolute Gasteiger partial charge is 0.356 e. The Morgan fingerprint density at radius 3 is 2.89 bits per heavy atom. The summed E-state index contributed by atoms with van der Waals surface area (Å²) in [6, 6.07) is 0. The maximum Gasteiger partial charge on any atom is 0.262 e. The van der Waals surface area contributed by atoms with Crippen LogP contribution in [-0.4, -0.2) is 47.8 Å². The molecule has 1 saturated heterocycles. The Bertz CT molecular complexity index is 785. The van der Waals surface area contributed by atoms with Crippen molar-refractivity contribution in [3.8, 4) is 0 Å². The molecule has 27 heavy (non-hydrogen) atoms. The molecular formula is C19H30N4O3S. The van der Waals surface area contributed by atoms with E-state index >= 15 is 0 Å². The zero-order valence-electron chi connectivity index (χ0n) is 16.1. The Morgan fingerprint density at radius 2 is 2.19 bits per heavy atom. The van der Waals surface area contributed by atoms with Crippen LogP contribution in [0.2, 0.25) is 0 Å². The molecule has 0 radical (unpaired) electrons. The molecule has 0 spiro atoms. The number of aromatic nitrogens is 2. The summed E-state index contributed by atoms with van der Waals surface area (Å²) in [6.45, 7) is 3.91. The number of imidazole rings is 1. The topological polar surface area (TPSA) is 84.3 Å². The van der Waals surface area contributed by atoms with Gasteiger partial charge in [-0.25, -0.2) is 13.4 Å². The molecule has 0 saturated carbocycles. The minimum Gasteiger partial charge on any atom is -0.356 e. The van der Waals surface area contributed by atoms with Gasteiger partial charge in [-0.15, -0.1) is 0 Å². The number of sulfonamides is 1.